The Hall–Kier alpha value is -6.79. The molecule has 0 radical (unpaired) electrons. The average Bonchev–Trinajstić information content (AvgIpc) is 3.68. The number of aromatic nitrogens is 2. The normalized spacial score (nSPS) is 12.3. The highest BCUT2D eigenvalue weighted by Gasteiger charge is 2.38. The van der Waals surface area contributed by atoms with Crippen molar-refractivity contribution in [3.63, 3.8) is 0 Å². The van der Waals surface area contributed by atoms with Gasteiger partial charge < -0.3 is 9.13 Å². The van der Waals surface area contributed by atoms with Crippen LogP contribution < -0.4 is 0 Å². The highest BCUT2D eigenvalue weighted by atomic mass is 19.4. The Morgan fingerprint density at radius 2 is 1.05 bits per heavy atom. The SMILES string of the molecule is Cc1ccc2c(c1)c1ccccc1n2-c1ccc(-c2ccc(C(F)(F)F)cc2C(F)(F)F)cc1-c1c(C#N)cccc1-n1c2ccccc2c2cc(C)ccc21. The van der Waals surface area contributed by atoms with Crippen molar-refractivity contribution in [3.8, 4) is 39.7 Å². The summed E-state index contributed by atoms with van der Waals surface area (Å²) in [6.07, 6.45) is -10.1. The van der Waals surface area contributed by atoms with Crippen molar-refractivity contribution < 1.29 is 26.3 Å². The summed E-state index contributed by atoms with van der Waals surface area (Å²) in [7, 11) is 0. The number of aryl methyl sites for hydroxylation is 2. The third-order valence-electron chi connectivity index (χ3n) is 10.5. The van der Waals surface area contributed by atoms with Crippen LogP contribution in [0.4, 0.5) is 26.3 Å². The number of fused-ring (bicyclic) bond motifs is 6. The van der Waals surface area contributed by atoms with Gasteiger partial charge in [0.25, 0.3) is 0 Å². The molecule has 0 spiro atoms. The molecule has 0 saturated carbocycles. The zero-order valence-corrected chi connectivity index (χ0v) is 29.9. The molecular weight excluding hydrogens is 721 g/mol. The lowest BCUT2D eigenvalue weighted by Gasteiger charge is -2.22. The number of para-hydroxylation sites is 2. The highest BCUT2D eigenvalue weighted by Crippen LogP contribution is 2.46. The summed E-state index contributed by atoms with van der Waals surface area (Å²) >= 11 is 0. The summed E-state index contributed by atoms with van der Waals surface area (Å²) in [5, 5.41) is 14.7. The van der Waals surface area contributed by atoms with Crippen LogP contribution in [0.25, 0.3) is 77.2 Å². The Bertz CT molecular complexity index is 3100. The van der Waals surface area contributed by atoms with Gasteiger partial charge in [0.05, 0.1) is 56.2 Å². The Kier molecular flexibility index (Phi) is 7.89. The van der Waals surface area contributed by atoms with E-state index in [0.29, 0.717) is 28.6 Å². The van der Waals surface area contributed by atoms with Crippen LogP contribution in [0.5, 0.6) is 0 Å². The van der Waals surface area contributed by atoms with E-state index < -0.39 is 29.0 Å². The second kappa shape index (κ2) is 12.6. The first kappa shape index (κ1) is 34.9. The van der Waals surface area contributed by atoms with Gasteiger partial charge in [0, 0.05) is 32.7 Å². The summed E-state index contributed by atoms with van der Waals surface area (Å²) in [5.74, 6) is 0. The number of nitrogens with zero attached hydrogens (tertiary/aromatic N) is 3. The van der Waals surface area contributed by atoms with Crippen LogP contribution in [0.2, 0.25) is 0 Å². The van der Waals surface area contributed by atoms with Crippen LogP contribution in [0.3, 0.4) is 0 Å². The monoisotopic (exact) mass is 749 g/mol. The van der Waals surface area contributed by atoms with Crippen molar-refractivity contribution in [3.05, 3.63) is 167 Å². The van der Waals surface area contributed by atoms with E-state index in [0.717, 1.165) is 60.8 Å². The molecule has 7 aromatic carbocycles. The number of nitriles is 1. The lowest BCUT2D eigenvalue weighted by molar-refractivity contribution is -0.142. The summed E-state index contributed by atoms with van der Waals surface area (Å²) in [4.78, 5) is 0. The molecular formula is C47H29F6N3. The predicted octanol–water partition coefficient (Wildman–Crippen LogP) is 13.7. The van der Waals surface area contributed by atoms with Crippen LogP contribution in [0.1, 0.15) is 27.8 Å². The first-order chi connectivity index (χ1) is 26.8. The zero-order chi connectivity index (χ0) is 39.1. The second-order valence-electron chi connectivity index (χ2n) is 14.0. The minimum atomic E-state index is -5.10. The van der Waals surface area contributed by atoms with Crippen molar-refractivity contribution in [1.29, 1.82) is 5.26 Å². The topological polar surface area (TPSA) is 33.6 Å². The second-order valence-corrected chi connectivity index (χ2v) is 14.0. The van der Waals surface area contributed by atoms with Gasteiger partial charge in [-0.25, -0.2) is 0 Å². The zero-order valence-electron chi connectivity index (χ0n) is 29.9. The van der Waals surface area contributed by atoms with Gasteiger partial charge in [-0.1, -0.05) is 77.9 Å². The van der Waals surface area contributed by atoms with Crippen LogP contribution in [0, 0.1) is 25.2 Å². The van der Waals surface area contributed by atoms with E-state index in [1.165, 1.54) is 6.07 Å². The largest absolute Gasteiger partial charge is 0.417 e. The number of halogens is 6. The molecule has 0 aliphatic carbocycles. The van der Waals surface area contributed by atoms with Crippen molar-refractivity contribution in [2.45, 2.75) is 26.2 Å². The molecule has 0 amide bonds. The molecule has 56 heavy (non-hydrogen) atoms. The van der Waals surface area contributed by atoms with Crippen molar-refractivity contribution in [2.75, 3.05) is 0 Å². The van der Waals surface area contributed by atoms with E-state index >= 15 is 0 Å². The summed E-state index contributed by atoms with van der Waals surface area (Å²) in [6.45, 7) is 4.01. The lowest BCUT2D eigenvalue weighted by Crippen LogP contribution is -2.12. The van der Waals surface area contributed by atoms with Crippen LogP contribution in [-0.4, -0.2) is 9.13 Å². The van der Waals surface area contributed by atoms with Gasteiger partial charge >= 0.3 is 12.4 Å². The van der Waals surface area contributed by atoms with Crippen molar-refractivity contribution in [1.82, 2.24) is 9.13 Å². The molecule has 9 aromatic rings. The van der Waals surface area contributed by atoms with Crippen LogP contribution in [0.15, 0.2) is 140 Å². The fourth-order valence-electron chi connectivity index (χ4n) is 8.10. The third kappa shape index (κ3) is 5.51. The molecule has 9 heteroatoms. The number of hydrogen-bond donors (Lipinski definition) is 0. The number of benzene rings is 7. The minimum Gasteiger partial charge on any atom is -0.309 e. The van der Waals surface area contributed by atoms with Gasteiger partial charge in [0.15, 0.2) is 0 Å². The summed E-state index contributed by atoms with van der Waals surface area (Å²) < 4.78 is 89.5. The molecule has 0 saturated heterocycles. The molecule has 0 unspecified atom stereocenters. The van der Waals surface area contributed by atoms with E-state index in [1.807, 2.05) is 97.3 Å². The Morgan fingerprint density at radius 3 is 1.62 bits per heavy atom. The Morgan fingerprint density at radius 1 is 0.482 bits per heavy atom. The third-order valence-corrected chi connectivity index (χ3v) is 10.5. The number of rotatable bonds is 4. The van der Waals surface area contributed by atoms with E-state index in [-0.39, 0.29) is 17.2 Å². The van der Waals surface area contributed by atoms with Crippen LogP contribution in [-0.2, 0) is 12.4 Å². The molecule has 0 aliphatic rings. The van der Waals surface area contributed by atoms with Gasteiger partial charge in [-0.3, -0.25) is 0 Å². The Balaban J connectivity index is 1.44. The molecule has 274 valence electrons. The highest BCUT2D eigenvalue weighted by molar-refractivity contribution is 6.12. The van der Waals surface area contributed by atoms with E-state index in [9.17, 15) is 31.6 Å². The fourth-order valence-corrected chi connectivity index (χ4v) is 8.10. The lowest BCUT2D eigenvalue weighted by atomic mass is 9.90. The maximum absolute atomic E-state index is 14.7. The molecule has 2 heterocycles. The Labute approximate surface area is 316 Å². The number of alkyl halides is 6. The minimum absolute atomic E-state index is 0.0398. The van der Waals surface area contributed by atoms with Crippen molar-refractivity contribution in [2.24, 2.45) is 0 Å². The van der Waals surface area contributed by atoms with E-state index in [2.05, 4.69) is 22.8 Å². The molecule has 0 N–H and O–H groups in total. The summed E-state index contributed by atoms with van der Waals surface area (Å²) in [5.41, 5.74) is 4.61. The average molecular weight is 750 g/mol. The van der Waals surface area contributed by atoms with Gasteiger partial charge in [0.2, 0.25) is 0 Å². The molecule has 0 aliphatic heterocycles. The quantitative estimate of drug-likeness (QED) is 0.165. The van der Waals surface area contributed by atoms with Crippen molar-refractivity contribution >= 4 is 43.6 Å². The van der Waals surface area contributed by atoms with E-state index in [4.69, 9.17) is 0 Å². The van der Waals surface area contributed by atoms with Gasteiger partial charge in [-0.2, -0.15) is 31.6 Å². The first-order valence-electron chi connectivity index (χ1n) is 17.8. The standard InChI is InChI=1S/C47H29F6N3/c1-27-14-19-41-35(22-27)33-9-3-5-11-39(33)55(41)43-21-16-29(32-18-17-31(46(48,49)50)25-38(32)47(51,52)53)24-37(43)45-30(26-54)8-7-13-44(45)56-40-12-6-4-10-34(40)36-23-28(2)15-20-42(36)56/h3-25H,1-2H3. The molecule has 2 aromatic heterocycles. The van der Waals surface area contributed by atoms with Gasteiger partial charge in [0.1, 0.15) is 0 Å². The molecule has 9 rings (SSSR count). The van der Waals surface area contributed by atoms with Gasteiger partial charge in [-0.15, -0.1) is 0 Å². The summed E-state index contributed by atoms with van der Waals surface area (Å²) in [6, 6.07) is 42.0. The number of hydrogen-bond acceptors (Lipinski definition) is 1. The maximum Gasteiger partial charge on any atom is 0.417 e. The molecule has 0 bridgehead atoms. The predicted molar refractivity (Wildman–Crippen MR) is 210 cm³/mol. The van der Waals surface area contributed by atoms with Crippen LogP contribution >= 0.6 is 0 Å². The van der Waals surface area contributed by atoms with E-state index in [1.54, 1.807) is 24.3 Å². The molecule has 0 atom stereocenters. The van der Waals surface area contributed by atoms with Gasteiger partial charge in [-0.05, 0) is 97.8 Å². The molecule has 3 nitrogen and oxygen atoms in total. The molecule has 0 fully saturated rings. The smallest absolute Gasteiger partial charge is 0.309 e. The fraction of sp³-hybridized carbons (Fsp3) is 0.0851. The first-order valence-corrected chi connectivity index (χ1v) is 17.8. The maximum atomic E-state index is 14.7.